The van der Waals surface area contributed by atoms with Crippen molar-refractivity contribution in [2.24, 2.45) is 0 Å². The van der Waals surface area contributed by atoms with Crippen LogP contribution in [0.25, 0.3) is 0 Å². The molecule has 19 heavy (non-hydrogen) atoms. The normalized spacial score (nSPS) is 10.5. The Kier molecular flexibility index (Phi) is 4.31. The molecule has 2 aromatic rings. The van der Waals surface area contributed by atoms with Crippen molar-refractivity contribution < 1.29 is 0 Å². The number of hydrogen-bond acceptors (Lipinski definition) is 6. The van der Waals surface area contributed by atoms with Gasteiger partial charge in [-0.3, -0.25) is 0 Å². The molecule has 2 heterocycles. The molecule has 0 aliphatic heterocycles. The third-order valence-corrected chi connectivity index (χ3v) is 3.49. The van der Waals surface area contributed by atoms with E-state index in [0.717, 1.165) is 34.5 Å². The molecule has 5 nitrogen and oxygen atoms in total. The Morgan fingerprint density at radius 3 is 2.63 bits per heavy atom. The summed E-state index contributed by atoms with van der Waals surface area (Å²) in [7, 11) is 0. The van der Waals surface area contributed by atoms with Crippen LogP contribution in [0.3, 0.4) is 0 Å². The molecule has 0 atom stereocenters. The van der Waals surface area contributed by atoms with E-state index in [-0.39, 0.29) is 0 Å². The maximum Gasteiger partial charge on any atom is 0.194 e. The van der Waals surface area contributed by atoms with Crippen molar-refractivity contribution in [1.29, 1.82) is 0 Å². The van der Waals surface area contributed by atoms with Gasteiger partial charge in [-0.1, -0.05) is 0 Å². The van der Waals surface area contributed by atoms with Gasteiger partial charge in [-0.05, 0) is 45.5 Å². The van der Waals surface area contributed by atoms with Gasteiger partial charge in [0, 0.05) is 24.0 Å². The summed E-state index contributed by atoms with van der Waals surface area (Å²) >= 11 is 1.47. The number of aromatic nitrogens is 4. The van der Waals surface area contributed by atoms with E-state index in [0.29, 0.717) is 5.16 Å². The Bertz CT molecular complexity index is 585. The third kappa shape index (κ3) is 3.41. The zero-order chi connectivity index (χ0) is 13.8. The van der Waals surface area contributed by atoms with Crippen molar-refractivity contribution in [3.05, 3.63) is 29.3 Å². The quantitative estimate of drug-likeness (QED) is 0.684. The Labute approximate surface area is 117 Å². The molecular formula is C13H17N5S. The van der Waals surface area contributed by atoms with E-state index in [9.17, 15) is 0 Å². The fourth-order valence-electron chi connectivity index (χ4n) is 1.60. The van der Waals surface area contributed by atoms with Crippen molar-refractivity contribution in [2.45, 2.75) is 37.9 Å². The molecule has 0 radical (unpaired) electrons. The van der Waals surface area contributed by atoms with Gasteiger partial charge in [-0.25, -0.2) is 19.9 Å². The molecule has 0 aromatic carbocycles. The minimum Gasteiger partial charge on any atom is -0.370 e. The van der Waals surface area contributed by atoms with E-state index in [2.05, 4.69) is 25.3 Å². The molecule has 6 heteroatoms. The Balaban J connectivity index is 2.34. The summed E-state index contributed by atoms with van der Waals surface area (Å²) in [5.41, 5.74) is 1.98. The van der Waals surface area contributed by atoms with Gasteiger partial charge in [0.1, 0.15) is 16.7 Å². The van der Waals surface area contributed by atoms with E-state index < -0.39 is 0 Å². The summed E-state index contributed by atoms with van der Waals surface area (Å²) < 4.78 is 0. The second kappa shape index (κ2) is 5.97. The van der Waals surface area contributed by atoms with E-state index in [1.807, 2.05) is 33.8 Å². The van der Waals surface area contributed by atoms with Gasteiger partial charge in [-0.15, -0.1) is 0 Å². The Morgan fingerprint density at radius 1 is 1.16 bits per heavy atom. The lowest BCUT2D eigenvalue weighted by Crippen LogP contribution is -2.06. The van der Waals surface area contributed by atoms with Crippen LogP contribution < -0.4 is 5.32 Å². The van der Waals surface area contributed by atoms with Crippen LogP contribution in [0.2, 0.25) is 0 Å². The second-order valence-electron chi connectivity index (χ2n) is 4.16. The predicted octanol–water partition coefficient (Wildman–Crippen LogP) is 2.77. The molecule has 1 N–H and O–H groups in total. The molecule has 0 saturated carbocycles. The van der Waals surface area contributed by atoms with E-state index >= 15 is 0 Å². The molecule has 2 rings (SSSR count). The average Bonchev–Trinajstić information content (AvgIpc) is 2.35. The van der Waals surface area contributed by atoms with Crippen molar-refractivity contribution in [1.82, 2.24) is 19.9 Å². The number of nitrogens with one attached hydrogen (secondary N) is 1. The SMILES string of the molecule is CCNc1nc(C)nc(Sc2nccc(C)n2)c1C. The van der Waals surface area contributed by atoms with Crippen LogP contribution in [0.15, 0.2) is 22.4 Å². The van der Waals surface area contributed by atoms with Gasteiger partial charge in [0.25, 0.3) is 0 Å². The molecule has 0 unspecified atom stereocenters. The molecule has 0 saturated heterocycles. The number of rotatable bonds is 4. The minimum atomic E-state index is 0.712. The van der Waals surface area contributed by atoms with E-state index in [1.165, 1.54) is 11.8 Å². The Morgan fingerprint density at radius 2 is 1.95 bits per heavy atom. The standard InChI is InChI=1S/C13H17N5S/c1-5-14-11-9(3)12(18-10(4)17-11)19-13-15-7-6-8(2)16-13/h6-7H,5H2,1-4H3,(H,14,17,18). The lowest BCUT2D eigenvalue weighted by atomic mass is 10.3. The first-order valence-electron chi connectivity index (χ1n) is 6.16. The number of nitrogens with zero attached hydrogens (tertiary/aromatic N) is 4. The smallest absolute Gasteiger partial charge is 0.194 e. The van der Waals surface area contributed by atoms with Crippen molar-refractivity contribution in [3.63, 3.8) is 0 Å². The fourth-order valence-corrected chi connectivity index (χ4v) is 2.51. The summed E-state index contributed by atoms with van der Waals surface area (Å²) in [5.74, 6) is 1.63. The zero-order valence-electron chi connectivity index (χ0n) is 11.6. The maximum atomic E-state index is 4.47. The highest BCUT2D eigenvalue weighted by Gasteiger charge is 2.11. The summed E-state index contributed by atoms with van der Waals surface area (Å²) in [6, 6.07) is 1.88. The lowest BCUT2D eigenvalue weighted by molar-refractivity contribution is 0.904. The molecule has 100 valence electrons. The molecular weight excluding hydrogens is 258 g/mol. The largest absolute Gasteiger partial charge is 0.370 e. The Hall–Kier alpha value is -1.69. The van der Waals surface area contributed by atoms with Crippen LogP contribution in [0.1, 0.15) is 24.0 Å². The van der Waals surface area contributed by atoms with Gasteiger partial charge < -0.3 is 5.32 Å². The second-order valence-corrected chi connectivity index (χ2v) is 5.12. The summed E-state index contributed by atoms with van der Waals surface area (Å²) in [6.45, 7) is 8.74. The van der Waals surface area contributed by atoms with Crippen LogP contribution in [-0.4, -0.2) is 26.5 Å². The lowest BCUT2D eigenvalue weighted by Gasteiger charge is -2.11. The molecule has 0 fully saturated rings. The maximum absolute atomic E-state index is 4.47. The summed E-state index contributed by atoms with van der Waals surface area (Å²) in [6.07, 6.45) is 1.76. The van der Waals surface area contributed by atoms with Crippen LogP contribution in [-0.2, 0) is 0 Å². The van der Waals surface area contributed by atoms with Crippen molar-refractivity contribution >= 4 is 17.6 Å². The molecule has 2 aromatic heterocycles. The summed E-state index contributed by atoms with van der Waals surface area (Å²) in [5, 5.41) is 4.86. The number of aryl methyl sites for hydroxylation is 2. The minimum absolute atomic E-state index is 0.712. The molecule has 0 bridgehead atoms. The van der Waals surface area contributed by atoms with Gasteiger partial charge in [0.05, 0.1) is 0 Å². The van der Waals surface area contributed by atoms with Gasteiger partial charge >= 0.3 is 0 Å². The van der Waals surface area contributed by atoms with Crippen LogP contribution in [0.4, 0.5) is 5.82 Å². The first-order valence-corrected chi connectivity index (χ1v) is 6.98. The molecule has 0 aliphatic carbocycles. The average molecular weight is 275 g/mol. The van der Waals surface area contributed by atoms with Crippen LogP contribution >= 0.6 is 11.8 Å². The molecule has 0 amide bonds. The number of hydrogen-bond donors (Lipinski definition) is 1. The predicted molar refractivity (Wildman–Crippen MR) is 76.6 cm³/mol. The van der Waals surface area contributed by atoms with E-state index in [4.69, 9.17) is 0 Å². The highest BCUT2D eigenvalue weighted by atomic mass is 32.2. The van der Waals surface area contributed by atoms with E-state index in [1.54, 1.807) is 6.20 Å². The summed E-state index contributed by atoms with van der Waals surface area (Å²) in [4.78, 5) is 17.5. The zero-order valence-corrected chi connectivity index (χ0v) is 12.4. The third-order valence-electron chi connectivity index (χ3n) is 2.52. The highest BCUT2D eigenvalue weighted by Crippen LogP contribution is 2.28. The van der Waals surface area contributed by atoms with Gasteiger partial charge in [0.15, 0.2) is 5.16 Å². The highest BCUT2D eigenvalue weighted by molar-refractivity contribution is 7.99. The molecule has 0 aliphatic rings. The topological polar surface area (TPSA) is 63.6 Å². The van der Waals surface area contributed by atoms with Crippen LogP contribution in [0.5, 0.6) is 0 Å². The monoisotopic (exact) mass is 275 g/mol. The van der Waals surface area contributed by atoms with Gasteiger partial charge in [0.2, 0.25) is 0 Å². The van der Waals surface area contributed by atoms with Crippen molar-refractivity contribution in [2.75, 3.05) is 11.9 Å². The number of anilines is 1. The fraction of sp³-hybridized carbons (Fsp3) is 0.385. The first-order chi connectivity index (χ1) is 9.10. The van der Waals surface area contributed by atoms with Crippen molar-refractivity contribution in [3.8, 4) is 0 Å². The van der Waals surface area contributed by atoms with Gasteiger partial charge in [-0.2, -0.15) is 0 Å². The molecule has 0 spiro atoms. The first kappa shape index (κ1) is 13.7. The van der Waals surface area contributed by atoms with Crippen LogP contribution in [0, 0.1) is 20.8 Å².